The van der Waals surface area contributed by atoms with E-state index < -0.39 is 0 Å². The Labute approximate surface area is 151 Å². The van der Waals surface area contributed by atoms with E-state index in [1.54, 1.807) is 6.07 Å². The van der Waals surface area contributed by atoms with Crippen molar-refractivity contribution < 1.29 is 0 Å². The predicted molar refractivity (Wildman–Crippen MR) is 104 cm³/mol. The van der Waals surface area contributed by atoms with Gasteiger partial charge < -0.3 is 5.73 Å². The Balaban J connectivity index is 2.38. The van der Waals surface area contributed by atoms with Crippen LogP contribution in [0.4, 0.5) is 5.82 Å². The van der Waals surface area contributed by atoms with Crippen LogP contribution >= 0.6 is 23.2 Å². The van der Waals surface area contributed by atoms with Crippen molar-refractivity contribution in [2.45, 2.75) is 20.8 Å². The summed E-state index contributed by atoms with van der Waals surface area (Å²) in [6.45, 7) is 6.16. The van der Waals surface area contributed by atoms with Crippen molar-refractivity contribution in [3.05, 3.63) is 57.3 Å². The molecule has 3 aromatic rings. The molecule has 0 radical (unpaired) electrons. The summed E-state index contributed by atoms with van der Waals surface area (Å²) in [5.74, 6) is 0.328. The largest absolute Gasteiger partial charge is 0.383 e. The molecule has 0 saturated heterocycles. The van der Waals surface area contributed by atoms with E-state index in [0.29, 0.717) is 21.7 Å². The lowest BCUT2D eigenvalue weighted by atomic mass is 9.92. The van der Waals surface area contributed by atoms with E-state index in [1.807, 2.05) is 19.1 Å². The molecule has 2 N–H and O–H groups in total. The van der Waals surface area contributed by atoms with Crippen LogP contribution < -0.4 is 5.73 Å². The van der Waals surface area contributed by atoms with Gasteiger partial charge in [0, 0.05) is 16.0 Å². The second-order valence-corrected chi connectivity index (χ2v) is 6.53. The van der Waals surface area contributed by atoms with Gasteiger partial charge in [-0.05, 0) is 66.8 Å². The Morgan fingerprint density at radius 2 is 1.67 bits per heavy atom. The lowest BCUT2D eigenvalue weighted by Crippen LogP contribution is -1.98. The van der Waals surface area contributed by atoms with Crippen molar-refractivity contribution in [2.24, 2.45) is 0 Å². The second kappa shape index (κ2) is 6.42. The highest BCUT2D eigenvalue weighted by molar-refractivity contribution is 6.32. The fourth-order valence-corrected chi connectivity index (χ4v) is 3.49. The number of allylic oxidation sites excluding steroid dienone is 1. The highest BCUT2D eigenvalue weighted by atomic mass is 35.5. The van der Waals surface area contributed by atoms with Crippen molar-refractivity contribution in [1.29, 1.82) is 0 Å². The zero-order valence-corrected chi connectivity index (χ0v) is 15.2. The molecule has 0 aliphatic heterocycles. The van der Waals surface area contributed by atoms with E-state index in [9.17, 15) is 0 Å². The van der Waals surface area contributed by atoms with E-state index in [-0.39, 0.29) is 5.28 Å². The molecule has 5 heteroatoms. The van der Waals surface area contributed by atoms with Gasteiger partial charge in [0.1, 0.15) is 5.82 Å². The van der Waals surface area contributed by atoms with E-state index >= 15 is 0 Å². The second-order valence-electron chi connectivity index (χ2n) is 5.76. The molecule has 3 rings (SSSR count). The number of fused-ring (bicyclic) bond motifs is 1. The summed E-state index contributed by atoms with van der Waals surface area (Å²) < 4.78 is 0. The molecule has 0 saturated carbocycles. The highest BCUT2D eigenvalue weighted by Gasteiger charge is 2.15. The number of nitrogens with zero attached hydrogens (tertiary/aromatic N) is 2. The minimum Gasteiger partial charge on any atom is -0.383 e. The number of nitrogen functional groups attached to an aromatic ring is 1. The standard InChI is InChI=1S/C19H17Cl2N3/c1-4-5-12-6-10(2)16(11(3)7-12)14-8-13(20)9-15-17(14)23-19(21)24-18(15)22/h4-9H,1-3H3,(H2,22,23,24)/b5-4+. The quantitative estimate of drug-likeness (QED) is 0.586. The molecule has 0 aliphatic rings. The van der Waals surface area contributed by atoms with Crippen LogP contribution in [0.25, 0.3) is 28.1 Å². The number of benzene rings is 2. The van der Waals surface area contributed by atoms with Gasteiger partial charge in [0.2, 0.25) is 5.28 Å². The van der Waals surface area contributed by atoms with Crippen molar-refractivity contribution >= 4 is 46.0 Å². The molecule has 24 heavy (non-hydrogen) atoms. The zero-order valence-electron chi connectivity index (χ0n) is 13.7. The molecule has 0 bridgehead atoms. The fraction of sp³-hybridized carbons (Fsp3) is 0.158. The van der Waals surface area contributed by atoms with Gasteiger partial charge in [-0.3, -0.25) is 0 Å². The minimum absolute atomic E-state index is 0.129. The Kier molecular flexibility index (Phi) is 4.48. The molecule has 1 heterocycles. The summed E-state index contributed by atoms with van der Waals surface area (Å²) in [6, 6.07) is 7.95. The number of rotatable bonds is 2. The van der Waals surface area contributed by atoms with Gasteiger partial charge in [0.05, 0.1) is 5.52 Å². The first-order valence-corrected chi connectivity index (χ1v) is 8.33. The van der Waals surface area contributed by atoms with Crippen molar-refractivity contribution in [3.63, 3.8) is 0 Å². The van der Waals surface area contributed by atoms with Crippen LogP contribution in [0, 0.1) is 13.8 Å². The summed E-state index contributed by atoms with van der Waals surface area (Å²) in [4.78, 5) is 8.42. The number of aryl methyl sites for hydroxylation is 2. The average molecular weight is 358 g/mol. The number of anilines is 1. The lowest BCUT2D eigenvalue weighted by molar-refractivity contribution is 1.23. The van der Waals surface area contributed by atoms with Gasteiger partial charge in [-0.1, -0.05) is 35.9 Å². The van der Waals surface area contributed by atoms with Crippen LogP contribution in [-0.2, 0) is 0 Å². The van der Waals surface area contributed by atoms with Gasteiger partial charge in [-0.25, -0.2) is 9.97 Å². The van der Waals surface area contributed by atoms with Crippen molar-refractivity contribution in [2.75, 3.05) is 5.73 Å². The first kappa shape index (κ1) is 16.7. The number of hydrogen-bond donors (Lipinski definition) is 1. The maximum absolute atomic E-state index is 6.32. The van der Waals surface area contributed by atoms with Crippen molar-refractivity contribution in [3.8, 4) is 11.1 Å². The van der Waals surface area contributed by atoms with Crippen LogP contribution in [0.1, 0.15) is 23.6 Å². The summed E-state index contributed by atoms with van der Waals surface area (Å²) >= 11 is 12.3. The van der Waals surface area contributed by atoms with Crippen LogP contribution in [-0.4, -0.2) is 9.97 Å². The third-order valence-corrected chi connectivity index (χ3v) is 4.34. The number of aromatic nitrogens is 2. The van der Waals surface area contributed by atoms with Gasteiger partial charge in [-0.2, -0.15) is 0 Å². The molecule has 0 spiro atoms. The van der Waals surface area contributed by atoms with Crippen LogP contribution in [0.5, 0.6) is 0 Å². The molecule has 0 fully saturated rings. The summed E-state index contributed by atoms with van der Waals surface area (Å²) in [7, 11) is 0. The van der Waals surface area contributed by atoms with Crippen molar-refractivity contribution in [1.82, 2.24) is 9.97 Å². The molecule has 0 amide bonds. The van der Waals surface area contributed by atoms with Gasteiger partial charge in [0.25, 0.3) is 0 Å². The summed E-state index contributed by atoms with van der Waals surface area (Å²) in [6.07, 6.45) is 4.10. The molecular weight excluding hydrogens is 341 g/mol. The Morgan fingerprint density at radius 3 is 2.29 bits per heavy atom. The van der Waals surface area contributed by atoms with Gasteiger partial charge in [-0.15, -0.1) is 0 Å². The highest BCUT2D eigenvalue weighted by Crippen LogP contribution is 2.37. The maximum atomic E-state index is 6.32. The first-order valence-electron chi connectivity index (χ1n) is 7.57. The number of hydrogen-bond acceptors (Lipinski definition) is 3. The molecular formula is C19H17Cl2N3. The molecule has 0 unspecified atom stereocenters. The summed E-state index contributed by atoms with van der Waals surface area (Å²) in [5, 5.41) is 1.43. The monoisotopic (exact) mass is 357 g/mol. The predicted octanol–water partition coefficient (Wildman–Crippen LogP) is 5.84. The van der Waals surface area contributed by atoms with Gasteiger partial charge >= 0.3 is 0 Å². The minimum atomic E-state index is 0.129. The third kappa shape index (κ3) is 2.97. The Hall–Kier alpha value is -2.10. The molecule has 3 nitrogen and oxygen atoms in total. The Morgan fingerprint density at radius 1 is 1.00 bits per heavy atom. The lowest BCUT2D eigenvalue weighted by Gasteiger charge is -2.15. The van der Waals surface area contributed by atoms with Crippen LogP contribution in [0.3, 0.4) is 0 Å². The van der Waals surface area contributed by atoms with E-state index in [4.69, 9.17) is 28.9 Å². The van der Waals surface area contributed by atoms with Crippen LogP contribution in [0.2, 0.25) is 10.3 Å². The fourth-order valence-electron chi connectivity index (χ4n) is 3.09. The van der Waals surface area contributed by atoms with E-state index in [1.165, 1.54) is 0 Å². The summed E-state index contributed by atoms with van der Waals surface area (Å²) in [5.41, 5.74) is 12.2. The molecule has 2 aromatic carbocycles. The Bertz CT molecular complexity index is 955. The molecule has 1 aromatic heterocycles. The molecule has 122 valence electrons. The average Bonchev–Trinajstić information content (AvgIpc) is 2.48. The topological polar surface area (TPSA) is 51.8 Å². The molecule has 0 atom stereocenters. The zero-order chi connectivity index (χ0) is 17.4. The van der Waals surface area contributed by atoms with E-state index in [2.05, 4.69) is 42.0 Å². The molecule has 0 aliphatic carbocycles. The van der Waals surface area contributed by atoms with E-state index in [0.717, 1.165) is 27.8 Å². The SMILES string of the molecule is C/C=C/c1cc(C)c(-c2cc(Cl)cc3c(N)nc(Cl)nc23)c(C)c1. The van der Waals surface area contributed by atoms with Gasteiger partial charge in [0.15, 0.2) is 0 Å². The first-order chi connectivity index (χ1) is 11.4. The van der Waals surface area contributed by atoms with Crippen LogP contribution in [0.15, 0.2) is 30.3 Å². The number of nitrogens with two attached hydrogens (primary N) is 1. The normalized spacial score (nSPS) is 11.5. The third-order valence-electron chi connectivity index (χ3n) is 3.95. The smallest absolute Gasteiger partial charge is 0.224 e. The maximum Gasteiger partial charge on any atom is 0.224 e. The number of halogens is 2.